The van der Waals surface area contributed by atoms with E-state index in [0.717, 1.165) is 25.2 Å². The maximum Gasteiger partial charge on any atom is 0.0936 e. The number of anilines is 1. The molecule has 0 bridgehead atoms. The number of piperazine rings is 1. The first kappa shape index (κ1) is 13.3. The normalized spacial score (nSPS) is 24.1. The minimum atomic E-state index is -0.498. The quantitative estimate of drug-likeness (QED) is 0.783. The molecular weight excluding hydrogens is 226 g/mol. The molecule has 18 heavy (non-hydrogen) atoms. The van der Waals surface area contributed by atoms with Crippen molar-refractivity contribution in [3.05, 3.63) is 29.8 Å². The molecule has 1 fully saturated rings. The van der Waals surface area contributed by atoms with Gasteiger partial charge in [-0.2, -0.15) is 0 Å². The number of hydrogen-bond acceptors (Lipinski definition) is 4. The molecule has 4 heteroatoms. The number of benzene rings is 1. The van der Waals surface area contributed by atoms with Gasteiger partial charge in [0.15, 0.2) is 0 Å². The summed E-state index contributed by atoms with van der Waals surface area (Å²) in [5, 5.41) is 10.3. The number of β-amino-alcohol motifs (C(OH)–C–C–N with tert-alkyl or cyclic N) is 1. The van der Waals surface area contributed by atoms with E-state index in [0.29, 0.717) is 18.3 Å². The lowest BCUT2D eigenvalue weighted by atomic mass is 10.1. The lowest BCUT2D eigenvalue weighted by molar-refractivity contribution is 0.0571. The average Bonchev–Trinajstić information content (AvgIpc) is 2.34. The zero-order valence-corrected chi connectivity index (χ0v) is 11.2. The molecule has 0 aliphatic carbocycles. The van der Waals surface area contributed by atoms with E-state index in [9.17, 15) is 5.11 Å². The summed E-state index contributed by atoms with van der Waals surface area (Å²) in [7, 11) is 2.15. The number of likely N-dealkylation sites (N-methyl/N-ethyl adjacent to an activating group) is 1. The SMILES string of the molecule is CC1CN(CC(O)c2ccccc2N)CCN1C. The first-order valence-corrected chi connectivity index (χ1v) is 6.53. The van der Waals surface area contributed by atoms with Gasteiger partial charge in [-0.15, -0.1) is 0 Å². The Morgan fingerprint density at radius 2 is 2.11 bits per heavy atom. The third kappa shape index (κ3) is 3.02. The van der Waals surface area contributed by atoms with Crippen molar-refractivity contribution in [2.24, 2.45) is 0 Å². The summed E-state index contributed by atoms with van der Waals surface area (Å²) in [6.45, 7) is 5.94. The Morgan fingerprint density at radius 1 is 1.39 bits per heavy atom. The topological polar surface area (TPSA) is 52.7 Å². The summed E-state index contributed by atoms with van der Waals surface area (Å²) >= 11 is 0. The minimum Gasteiger partial charge on any atom is -0.398 e. The van der Waals surface area contributed by atoms with Crippen LogP contribution in [-0.2, 0) is 0 Å². The molecule has 0 amide bonds. The van der Waals surface area contributed by atoms with Crippen LogP contribution in [0.4, 0.5) is 5.69 Å². The van der Waals surface area contributed by atoms with Gasteiger partial charge < -0.3 is 15.7 Å². The van der Waals surface area contributed by atoms with Gasteiger partial charge in [-0.05, 0) is 20.0 Å². The van der Waals surface area contributed by atoms with Gasteiger partial charge in [0.1, 0.15) is 0 Å². The van der Waals surface area contributed by atoms with E-state index >= 15 is 0 Å². The molecular formula is C14H23N3O. The maximum atomic E-state index is 10.3. The minimum absolute atomic E-state index is 0.498. The van der Waals surface area contributed by atoms with Crippen LogP contribution >= 0.6 is 0 Å². The molecule has 2 unspecified atom stereocenters. The molecule has 2 atom stereocenters. The van der Waals surface area contributed by atoms with Crippen LogP contribution in [-0.4, -0.2) is 54.2 Å². The fourth-order valence-electron chi connectivity index (χ4n) is 2.45. The van der Waals surface area contributed by atoms with Crippen molar-refractivity contribution in [2.45, 2.75) is 19.1 Å². The molecule has 1 heterocycles. The molecule has 0 radical (unpaired) electrons. The molecule has 1 aliphatic heterocycles. The first-order valence-electron chi connectivity index (χ1n) is 6.53. The zero-order valence-electron chi connectivity index (χ0n) is 11.2. The van der Waals surface area contributed by atoms with Crippen molar-refractivity contribution < 1.29 is 5.11 Å². The van der Waals surface area contributed by atoms with E-state index in [2.05, 4.69) is 23.8 Å². The van der Waals surface area contributed by atoms with E-state index < -0.39 is 6.10 Å². The molecule has 4 nitrogen and oxygen atoms in total. The second kappa shape index (κ2) is 5.69. The van der Waals surface area contributed by atoms with Gasteiger partial charge in [-0.25, -0.2) is 0 Å². The fraction of sp³-hybridized carbons (Fsp3) is 0.571. The van der Waals surface area contributed by atoms with Crippen LogP contribution in [0.2, 0.25) is 0 Å². The van der Waals surface area contributed by atoms with Crippen LogP contribution in [0, 0.1) is 0 Å². The number of nitrogen functional groups attached to an aromatic ring is 1. The highest BCUT2D eigenvalue weighted by atomic mass is 16.3. The molecule has 1 aromatic carbocycles. The molecule has 2 rings (SSSR count). The van der Waals surface area contributed by atoms with Gasteiger partial charge in [-0.1, -0.05) is 18.2 Å². The van der Waals surface area contributed by atoms with Crippen LogP contribution in [0.3, 0.4) is 0 Å². The highest BCUT2D eigenvalue weighted by molar-refractivity contribution is 5.47. The standard InChI is InChI=1S/C14H23N3O/c1-11-9-17(8-7-16(11)2)10-14(18)12-5-3-4-6-13(12)15/h3-6,11,14,18H,7-10,15H2,1-2H3. The highest BCUT2D eigenvalue weighted by Gasteiger charge is 2.23. The zero-order chi connectivity index (χ0) is 13.1. The second-order valence-corrected chi connectivity index (χ2v) is 5.23. The summed E-state index contributed by atoms with van der Waals surface area (Å²) in [5.74, 6) is 0. The molecule has 0 spiro atoms. The Morgan fingerprint density at radius 3 is 2.78 bits per heavy atom. The summed E-state index contributed by atoms with van der Waals surface area (Å²) in [5.41, 5.74) is 7.40. The Hall–Kier alpha value is -1.10. The van der Waals surface area contributed by atoms with Gasteiger partial charge in [0.2, 0.25) is 0 Å². The van der Waals surface area contributed by atoms with Gasteiger partial charge in [0, 0.05) is 43.5 Å². The molecule has 1 aliphatic rings. The smallest absolute Gasteiger partial charge is 0.0936 e. The summed E-state index contributed by atoms with van der Waals surface area (Å²) in [6, 6.07) is 8.09. The predicted octanol–water partition coefficient (Wildman–Crippen LogP) is 0.938. The fourth-order valence-corrected chi connectivity index (χ4v) is 2.45. The highest BCUT2D eigenvalue weighted by Crippen LogP contribution is 2.21. The van der Waals surface area contributed by atoms with Crippen molar-refractivity contribution in [1.82, 2.24) is 9.80 Å². The Kier molecular flexibility index (Phi) is 4.22. The Balaban J connectivity index is 1.96. The van der Waals surface area contributed by atoms with Gasteiger partial charge >= 0.3 is 0 Å². The summed E-state index contributed by atoms with van der Waals surface area (Å²) in [4.78, 5) is 4.65. The largest absolute Gasteiger partial charge is 0.398 e. The summed E-state index contributed by atoms with van der Waals surface area (Å²) in [6.07, 6.45) is -0.498. The lowest BCUT2D eigenvalue weighted by Gasteiger charge is -2.38. The van der Waals surface area contributed by atoms with Crippen molar-refractivity contribution in [3.8, 4) is 0 Å². The second-order valence-electron chi connectivity index (χ2n) is 5.23. The van der Waals surface area contributed by atoms with Crippen molar-refractivity contribution in [2.75, 3.05) is 39.0 Å². The lowest BCUT2D eigenvalue weighted by Crippen LogP contribution is -2.50. The number of para-hydroxylation sites is 1. The number of rotatable bonds is 3. The Labute approximate surface area is 109 Å². The van der Waals surface area contributed by atoms with Crippen LogP contribution in [0.25, 0.3) is 0 Å². The Bertz CT molecular complexity index is 396. The van der Waals surface area contributed by atoms with E-state index in [1.54, 1.807) is 0 Å². The van der Waals surface area contributed by atoms with Crippen LogP contribution < -0.4 is 5.73 Å². The molecule has 1 aromatic rings. The van der Waals surface area contributed by atoms with E-state index in [1.807, 2.05) is 24.3 Å². The van der Waals surface area contributed by atoms with Crippen LogP contribution in [0.5, 0.6) is 0 Å². The molecule has 3 N–H and O–H groups in total. The van der Waals surface area contributed by atoms with E-state index in [1.165, 1.54) is 0 Å². The summed E-state index contributed by atoms with van der Waals surface area (Å²) < 4.78 is 0. The number of aliphatic hydroxyl groups excluding tert-OH is 1. The van der Waals surface area contributed by atoms with Gasteiger partial charge in [0.25, 0.3) is 0 Å². The monoisotopic (exact) mass is 249 g/mol. The third-order valence-electron chi connectivity index (χ3n) is 3.83. The van der Waals surface area contributed by atoms with Gasteiger partial charge in [-0.3, -0.25) is 4.90 Å². The van der Waals surface area contributed by atoms with Crippen molar-refractivity contribution >= 4 is 5.69 Å². The van der Waals surface area contributed by atoms with Crippen molar-refractivity contribution in [1.29, 1.82) is 0 Å². The van der Waals surface area contributed by atoms with E-state index in [4.69, 9.17) is 5.73 Å². The number of aliphatic hydroxyl groups is 1. The van der Waals surface area contributed by atoms with Crippen LogP contribution in [0.15, 0.2) is 24.3 Å². The van der Waals surface area contributed by atoms with Gasteiger partial charge in [0.05, 0.1) is 6.10 Å². The van der Waals surface area contributed by atoms with Crippen LogP contribution in [0.1, 0.15) is 18.6 Å². The van der Waals surface area contributed by atoms with Crippen molar-refractivity contribution in [3.63, 3.8) is 0 Å². The third-order valence-corrected chi connectivity index (χ3v) is 3.83. The number of nitrogens with zero attached hydrogens (tertiary/aromatic N) is 2. The maximum absolute atomic E-state index is 10.3. The molecule has 0 saturated carbocycles. The first-order chi connectivity index (χ1) is 8.58. The predicted molar refractivity (Wildman–Crippen MR) is 74.3 cm³/mol. The molecule has 0 aromatic heterocycles. The van der Waals surface area contributed by atoms with E-state index in [-0.39, 0.29) is 0 Å². The number of nitrogens with two attached hydrogens (primary N) is 1. The molecule has 100 valence electrons. The number of hydrogen-bond donors (Lipinski definition) is 2. The molecule has 1 saturated heterocycles. The average molecular weight is 249 g/mol.